The van der Waals surface area contributed by atoms with Gasteiger partial charge in [0.15, 0.2) is 0 Å². The van der Waals surface area contributed by atoms with Crippen molar-refractivity contribution in [1.29, 1.82) is 0 Å². The highest BCUT2D eigenvalue weighted by Gasteiger charge is 2.39. The van der Waals surface area contributed by atoms with Gasteiger partial charge in [0.05, 0.1) is 13.2 Å². The van der Waals surface area contributed by atoms with Gasteiger partial charge in [-0.15, -0.1) is 0 Å². The summed E-state index contributed by atoms with van der Waals surface area (Å²) >= 11 is 0. The standard InChI is InChI=1S/C20H29NO5/c1-5-14(2)26-17-10-9-15(13-16(17)18(22)24-3)21-19(23)20(25-4)11-7-6-8-12-20/h9-10,13-14H,5-8,11-12H2,1-4H3,(H,21,23)/t14-/m1/s1. The first kappa shape index (κ1) is 20.2. The molecule has 0 radical (unpaired) electrons. The number of esters is 1. The molecule has 6 heteroatoms. The fraction of sp³-hybridized carbons (Fsp3) is 0.600. The molecule has 1 amide bonds. The lowest BCUT2D eigenvalue weighted by Crippen LogP contribution is -2.46. The number of methoxy groups -OCH3 is 2. The molecule has 1 aliphatic carbocycles. The lowest BCUT2D eigenvalue weighted by Gasteiger charge is -2.34. The molecule has 144 valence electrons. The lowest BCUT2D eigenvalue weighted by molar-refractivity contribution is -0.141. The van der Waals surface area contributed by atoms with Crippen LogP contribution >= 0.6 is 0 Å². The highest BCUT2D eigenvalue weighted by molar-refractivity contribution is 5.99. The van der Waals surface area contributed by atoms with E-state index in [2.05, 4.69) is 5.32 Å². The van der Waals surface area contributed by atoms with E-state index in [1.807, 2.05) is 13.8 Å². The van der Waals surface area contributed by atoms with Crippen LogP contribution in [-0.4, -0.2) is 37.8 Å². The Morgan fingerprint density at radius 1 is 1.19 bits per heavy atom. The van der Waals surface area contributed by atoms with E-state index < -0.39 is 11.6 Å². The van der Waals surface area contributed by atoms with E-state index >= 15 is 0 Å². The molecule has 2 rings (SSSR count). The first-order chi connectivity index (χ1) is 12.5. The van der Waals surface area contributed by atoms with Crippen LogP contribution in [-0.2, 0) is 14.3 Å². The second-order valence-corrected chi connectivity index (χ2v) is 6.75. The molecule has 1 aromatic carbocycles. The van der Waals surface area contributed by atoms with Crippen LogP contribution in [0.3, 0.4) is 0 Å². The Kier molecular flexibility index (Phi) is 7.03. The van der Waals surface area contributed by atoms with Gasteiger partial charge in [0.2, 0.25) is 0 Å². The molecule has 1 fully saturated rings. The Labute approximate surface area is 155 Å². The minimum atomic E-state index is -0.796. The van der Waals surface area contributed by atoms with E-state index in [0.29, 0.717) is 29.8 Å². The number of ether oxygens (including phenoxy) is 3. The van der Waals surface area contributed by atoms with Crippen LogP contribution in [0.5, 0.6) is 5.75 Å². The van der Waals surface area contributed by atoms with E-state index in [1.165, 1.54) is 7.11 Å². The molecule has 1 aromatic rings. The second kappa shape index (κ2) is 9.03. The smallest absolute Gasteiger partial charge is 0.341 e. The summed E-state index contributed by atoms with van der Waals surface area (Å²) < 4.78 is 16.2. The number of amides is 1. The topological polar surface area (TPSA) is 73.9 Å². The molecule has 0 spiro atoms. The number of hydrogen-bond donors (Lipinski definition) is 1. The molecule has 6 nitrogen and oxygen atoms in total. The predicted octanol–water partition coefficient (Wildman–Crippen LogP) is 3.94. The summed E-state index contributed by atoms with van der Waals surface area (Å²) in [4.78, 5) is 24.9. The summed E-state index contributed by atoms with van der Waals surface area (Å²) in [6.07, 6.45) is 5.25. The summed E-state index contributed by atoms with van der Waals surface area (Å²) in [5.41, 5.74) is 0.0184. The Hall–Kier alpha value is -2.08. The maximum absolute atomic E-state index is 12.8. The molecule has 1 N–H and O–H groups in total. The molecule has 0 saturated heterocycles. The molecule has 1 saturated carbocycles. The number of hydrogen-bond acceptors (Lipinski definition) is 5. The number of rotatable bonds is 7. The molecule has 0 heterocycles. The van der Waals surface area contributed by atoms with Gasteiger partial charge in [-0.05, 0) is 44.4 Å². The Balaban J connectivity index is 2.23. The fourth-order valence-corrected chi connectivity index (χ4v) is 3.17. The normalized spacial score (nSPS) is 17.2. The molecule has 1 atom stereocenters. The van der Waals surface area contributed by atoms with Crippen LogP contribution < -0.4 is 10.1 Å². The van der Waals surface area contributed by atoms with Gasteiger partial charge in [-0.25, -0.2) is 4.79 Å². The van der Waals surface area contributed by atoms with Crippen molar-refractivity contribution in [2.24, 2.45) is 0 Å². The third-order valence-electron chi connectivity index (χ3n) is 5.01. The largest absolute Gasteiger partial charge is 0.490 e. The molecule has 0 unspecified atom stereocenters. The summed E-state index contributed by atoms with van der Waals surface area (Å²) in [7, 11) is 2.90. The SMILES string of the molecule is CC[C@@H](C)Oc1ccc(NC(=O)C2(OC)CCCCC2)cc1C(=O)OC. The van der Waals surface area contributed by atoms with Gasteiger partial charge in [0, 0.05) is 12.8 Å². The highest BCUT2D eigenvalue weighted by Crippen LogP contribution is 2.33. The molecular formula is C20H29NO5. The van der Waals surface area contributed by atoms with Gasteiger partial charge in [-0.1, -0.05) is 26.2 Å². The van der Waals surface area contributed by atoms with Crippen molar-refractivity contribution in [2.75, 3.05) is 19.5 Å². The quantitative estimate of drug-likeness (QED) is 0.743. The van der Waals surface area contributed by atoms with E-state index in [4.69, 9.17) is 14.2 Å². The van der Waals surface area contributed by atoms with Crippen LogP contribution in [0.25, 0.3) is 0 Å². The van der Waals surface area contributed by atoms with Gasteiger partial charge < -0.3 is 19.5 Å². The van der Waals surface area contributed by atoms with Crippen molar-refractivity contribution in [2.45, 2.75) is 64.1 Å². The van der Waals surface area contributed by atoms with Crippen molar-refractivity contribution in [3.05, 3.63) is 23.8 Å². The van der Waals surface area contributed by atoms with Crippen molar-refractivity contribution in [1.82, 2.24) is 0 Å². The predicted molar refractivity (Wildman–Crippen MR) is 99.6 cm³/mol. The van der Waals surface area contributed by atoms with Crippen LogP contribution in [0.4, 0.5) is 5.69 Å². The number of anilines is 1. The summed E-state index contributed by atoms with van der Waals surface area (Å²) in [5.74, 6) is -0.229. The Morgan fingerprint density at radius 3 is 2.46 bits per heavy atom. The lowest BCUT2D eigenvalue weighted by atomic mass is 9.84. The van der Waals surface area contributed by atoms with E-state index in [-0.39, 0.29) is 12.0 Å². The Bertz CT molecular complexity index is 637. The number of nitrogens with one attached hydrogen (secondary N) is 1. The zero-order valence-electron chi connectivity index (χ0n) is 16.1. The average Bonchev–Trinajstić information content (AvgIpc) is 2.68. The van der Waals surface area contributed by atoms with Crippen LogP contribution in [0, 0.1) is 0 Å². The summed E-state index contributed by atoms with van der Waals surface area (Å²) in [5, 5.41) is 2.89. The van der Waals surface area contributed by atoms with Crippen LogP contribution in [0.15, 0.2) is 18.2 Å². The minimum Gasteiger partial charge on any atom is -0.490 e. The fourth-order valence-electron chi connectivity index (χ4n) is 3.17. The number of carbonyl (C=O) groups excluding carboxylic acids is 2. The monoisotopic (exact) mass is 363 g/mol. The van der Waals surface area contributed by atoms with Gasteiger partial charge in [0.1, 0.15) is 16.9 Å². The van der Waals surface area contributed by atoms with Gasteiger partial charge in [-0.3, -0.25) is 4.79 Å². The van der Waals surface area contributed by atoms with Crippen molar-refractivity contribution in [3.8, 4) is 5.75 Å². The Morgan fingerprint density at radius 2 is 1.88 bits per heavy atom. The molecule has 1 aliphatic rings. The van der Waals surface area contributed by atoms with E-state index in [0.717, 1.165) is 25.7 Å². The third kappa shape index (κ3) is 4.55. The van der Waals surface area contributed by atoms with Crippen molar-refractivity contribution >= 4 is 17.6 Å². The molecule has 26 heavy (non-hydrogen) atoms. The zero-order chi connectivity index (χ0) is 19.2. The van der Waals surface area contributed by atoms with Gasteiger partial charge in [0.25, 0.3) is 5.91 Å². The van der Waals surface area contributed by atoms with E-state index in [1.54, 1.807) is 25.3 Å². The number of benzene rings is 1. The molecule has 0 aliphatic heterocycles. The maximum atomic E-state index is 12.8. The second-order valence-electron chi connectivity index (χ2n) is 6.75. The maximum Gasteiger partial charge on any atom is 0.341 e. The first-order valence-corrected chi connectivity index (χ1v) is 9.21. The van der Waals surface area contributed by atoms with Crippen LogP contribution in [0.2, 0.25) is 0 Å². The zero-order valence-corrected chi connectivity index (χ0v) is 16.1. The average molecular weight is 363 g/mol. The third-order valence-corrected chi connectivity index (χ3v) is 5.01. The minimum absolute atomic E-state index is 0.0298. The first-order valence-electron chi connectivity index (χ1n) is 9.21. The van der Waals surface area contributed by atoms with Crippen LogP contribution in [0.1, 0.15) is 62.7 Å². The highest BCUT2D eigenvalue weighted by atomic mass is 16.5. The molecule has 0 bridgehead atoms. The number of carbonyl (C=O) groups is 2. The summed E-state index contributed by atoms with van der Waals surface area (Å²) in [6.45, 7) is 3.94. The van der Waals surface area contributed by atoms with Gasteiger partial charge >= 0.3 is 5.97 Å². The summed E-state index contributed by atoms with van der Waals surface area (Å²) in [6, 6.07) is 5.01. The van der Waals surface area contributed by atoms with Gasteiger partial charge in [-0.2, -0.15) is 0 Å². The van der Waals surface area contributed by atoms with Crippen molar-refractivity contribution < 1.29 is 23.8 Å². The molecule has 0 aromatic heterocycles. The van der Waals surface area contributed by atoms with E-state index in [9.17, 15) is 9.59 Å². The molecular weight excluding hydrogens is 334 g/mol. The van der Waals surface area contributed by atoms with Crippen molar-refractivity contribution in [3.63, 3.8) is 0 Å².